The van der Waals surface area contributed by atoms with Gasteiger partial charge in [-0.3, -0.25) is 9.69 Å². The number of aliphatic hydroxyl groups is 1. The summed E-state index contributed by atoms with van der Waals surface area (Å²) in [6.45, 7) is 7.40. The lowest BCUT2D eigenvalue weighted by Gasteiger charge is -2.62. The number of benzene rings is 2. The van der Waals surface area contributed by atoms with Crippen molar-refractivity contribution in [2.24, 2.45) is 0 Å². The minimum absolute atomic E-state index is 0.0823. The molecule has 4 aliphatic rings. The van der Waals surface area contributed by atoms with E-state index in [-0.39, 0.29) is 17.7 Å². The highest BCUT2D eigenvalue weighted by molar-refractivity contribution is 5.92. The van der Waals surface area contributed by atoms with Gasteiger partial charge < -0.3 is 19.8 Å². The summed E-state index contributed by atoms with van der Waals surface area (Å²) in [6, 6.07) is 11.1. The van der Waals surface area contributed by atoms with Crippen LogP contribution in [0.15, 0.2) is 67.3 Å². The Kier molecular flexibility index (Phi) is 5.18. The van der Waals surface area contributed by atoms with Crippen molar-refractivity contribution in [2.45, 2.75) is 49.0 Å². The average Bonchev–Trinajstić information content (AvgIpc) is 3.21. The number of likely N-dealkylation sites (tertiary alicyclic amines) is 1. The van der Waals surface area contributed by atoms with E-state index in [9.17, 15) is 15.0 Å². The Morgan fingerprint density at radius 1 is 1.33 bits per heavy atom. The number of carbonyl (C=O) groups excluding carboxylic acids is 1. The molecule has 6 nitrogen and oxygen atoms in total. The van der Waals surface area contributed by atoms with Gasteiger partial charge in [0.1, 0.15) is 11.7 Å². The Balaban J connectivity index is 1.41. The minimum Gasteiger partial charge on any atom is -0.504 e. The molecule has 2 aromatic carbocycles. The van der Waals surface area contributed by atoms with Crippen LogP contribution in [0, 0.1) is 6.92 Å². The maximum absolute atomic E-state index is 13.3. The van der Waals surface area contributed by atoms with Gasteiger partial charge in [0.25, 0.3) is 0 Å². The van der Waals surface area contributed by atoms with Crippen LogP contribution in [0.4, 0.5) is 0 Å². The van der Waals surface area contributed by atoms with Crippen LogP contribution in [-0.2, 0) is 16.6 Å². The zero-order valence-corrected chi connectivity index (χ0v) is 20.7. The van der Waals surface area contributed by atoms with E-state index in [1.165, 1.54) is 0 Å². The van der Waals surface area contributed by atoms with Crippen LogP contribution in [0.1, 0.15) is 28.7 Å². The van der Waals surface area contributed by atoms with Gasteiger partial charge in [0.2, 0.25) is 5.91 Å². The van der Waals surface area contributed by atoms with Crippen molar-refractivity contribution >= 4 is 12.0 Å². The molecule has 2 aromatic rings. The summed E-state index contributed by atoms with van der Waals surface area (Å²) in [4.78, 5) is 17.3. The number of amides is 1. The van der Waals surface area contributed by atoms with E-state index < -0.39 is 23.2 Å². The number of hydrogen-bond donors (Lipinski definition) is 2. The molecule has 0 radical (unpaired) electrons. The zero-order valence-electron chi connectivity index (χ0n) is 20.7. The molecule has 2 N–H and O–H groups in total. The fourth-order valence-corrected chi connectivity index (χ4v) is 7.09. The molecule has 186 valence electrons. The molecule has 2 heterocycles. The highest BCUT2D eigenvalue weighted by Crippen LogP contribution is 2.64. The van der Waals surface area contributed by atoms with Gasteiger partial charge in [0.05, 0.1) is 11.5 Å². The van der Waals surface area contributed by atoms with Gasteiger partial charge in [-0.15, -0.1) is 6.58 Å². The van der Waals surface area contributed by atoms with E-state index in [0.717, 1.165) is 28.8 Å². The number of phenolic OH excluding ortho intramolecular Hbond substituents is 1. The number of rotatable bonds is 5. The highest BCUT2D eigenvalue weighted by Gasteiger charge is 2.72. The average molecular weight is 485 g/mol. The molecule has 2 bridgehead atoms. The number of likely N-dealkylation sites (N-methyl/N-ethyl adjacent to an activating group) is 1. The lowest BCUT2D eigenvalue weighted by Crippen LogP contribution is -2.76. The number of piperidine rings is 1. The summed E-state index contributed by atoms with van der Waals surface area (Å²) in [5.41, 5.74) is 2.18. The number of aryl methyl sites for hydroxylation is 1. The fourth-order valence-electron chi connectivity index (χ4n) is 7.09. The molecular formula is C30H32N2O4. The van der Waals surface area contributed by atoms with Crippen molar-refractivity contribution in [1.82, 2.24) is 9.80 Å². The molecule has 36 heavy (non-hydrogen) atoms. The van der Waals surface area contributed by atoms with Gasteiger partial charge in [-0.1, -0.05) is 54.1 Å². The molecular weight excluding hydrogens is 452 g/mol. The second kappa shape index (κ2) is 8.08. The van der Waals surface area contributed by atoms with Crippen LogP contribution in [-0.4, -0.2) is 69.8 Å². The van der Waals surface area contributed by atoms with Crippen LogP contribution in [0.5, 0.6) is 11.5 Å². The Bertz CT molecular complexity index is 1320. The van der Waals surface area contributed by atoms with Crippen molar-refractivity contribution in [3.63, 3.8) is 0 Å². The summed E-state index contributed by atoms with van der Waals surface area (Å²) >= 11 is 0. The van der Waals surface area contributed by atoms with E-state index in [4.69, 9.17) is 4.74 Å². The first-order valence-corrected chi connectivity index (χ1v) is 12.6. The maximum Gasteiger partial charge on any atom is 0.246 e. The summed E-state index contributed by atoms with van der Waals surface area (Å²) in [6.07, 6.45) is 9.91. The molecule has 6 heteroatoms. The Morgan fingerprint density at radius 2 is 2.17 bits per heavy atom. The first-order chi connectivity index (χ1) is 17.3. The number of nitrogens with zero attached hydrogens (tertiary/aromatic N) is 2. The standard InChI is InChI=1S/C30H32N2O4/c1-4-15-32-16-14-29-26-21-9-10-23(33)27(26)36-28(29)22(12-13-30(29,35)24(32)18-21)31(3)25(34)11-8-20-7-5-6-19(2)17-20/h4-13,17,22,24,28,33,35H,1,14-16,18H2,2-3H3/t22-,24+,28-,29-,30+/m0/s1. The van der Waals surface area contributed by atoms with Gasteiger partial charge in [-0.25, -0.2) is 0 Å². The van der Waals surface area contributed by atoms with Crippen molar-refractivity contribution in [2.75, 3.05) is 20.1 Å². The van der Waals surface area contributed by atoms with Gasteiger partial charge in [0, 0.05) is 37.8 Å². The predicted molar refractivity (Wildman–Crippen MR) is 139 cm³/mol. The summed E-state index contributed by atoms with van der Waals surface area (Å²) < 4.78 is 6.51. The normalized spacial score (nSPS) is 31.7. The third kappa shape index (κ3) is 3.01. The smallest absolute Gasteiger partial charge is 0.246 e. The van der Waals surface area contributed by atoms with Gasteiger partial charge in [-0.05, 0) is 43.0 Å². The van der Waals surface area contributed by atoms with Gasteiger partial charge in [0.15, 0.2) is 11.5 Å². The van der Waals surface area contributed by atoms with Crippen LogP contribution in [0.3, 0.4) is 0 Å². The molecule has 0 unspecified atom stereocenters. The Morgan fingerprint density at radius 3 is 2.94 bits per heavy atom. The summed E-state index contributed by atoms with van der Waals surface area (Å²) in [7, 11) is 1.78. The number of aromatic hydroxyl groups is 1. The van der Waals surface area contributed by atoms with Crippen LogP contribution < -0.4 is 4.74 Å². The molecule has 5 atom stereocenters. The monoisotopic (exact) mass is 484 g/mol. The third-order valence-corrected chi connectivity index (χ3v) is 8.75. The van der Waals surface area contributed by atoms with Crippen molar-refractivity contribution in [1.29, 1.82) is 0 Å². The zero-order chi connectivity index (χ0) is 25.2. The number of phenols is 1. The molecule has 0 saturated carbocycles. The summed E-state index contributed by atoms with van der Waals surface area (Å²) in [5, 5.41) is 23.1. The first-order valence-electron chi connectivity index (χ1n) is 12.6. The lowest BCUT2D eigenvalue weighted by atomic mass is 9.50. The van der Waals surface area contributed by atoms with E-state index in [1.807, 2.05) is 61.6 Å². The van der Waals surface area contributed by atoms with Gasteiger partial charge in [-0.2, -0.15) is 0 Å². The summed E-state index contributed by atoms with van der Waals surface area (Å²) in [5.74, 6) is 0.392. The van der Waals surface area contributed by atoms with Crippen LogP contribution in [0.2, 0.25) is 0 Å². The van der Waals surface area contributed by atoms with Crippen molar-refractivity contribution in [3.05, 3.63) is 89.5 Å². The van der Waals surface area contributed by atoms with Crippen molar-refractivity contribution in [3.8, 4) is 11.5 Å². The van der Waals surface area contributed by atoms with E-state index in [1.54, 1.807) is 24.1 Å². The van der Waals surface area contributed by atoms with E-state index in [0.29, 0.717) is 25.1 Å². The largest absolute Gasteiger partial charge is 0.504 e. The molecule has 1 fully saturated rings. The highest BCUT2D eigenvalue weighted by atomic mass is 16.5. The first kappa shape index (κ1) is 23.1. The topological polar surface area (TPSA) is 73.2 Å². The minimum atomic E-state index is -1.18. The third-order valence-electron chi connectivity index (χ3n) is 8.75. The van der Waals surface area contributed by atoms with Crippen LogP contribution in [0.25, 0.3) is 6.08 Å². The van der Waals surface area contributed by atoms with E-state index in [2.05, 4.69) is 11.5 Å². The predicted octanol–water partition coefficient (Wildman–Crippen LogP) is 3.36. The maximum atomic E-state index is 13.3. The lowest BCUT2D eigenvalue weighted by molar-refractivity contribution is -0.152. The number of ether oxygens (including phenoxy) is 1. The molecule has 0 aromatic heterocycles. The fraction of sp³-hybridized carbons (Fsp3) is 0.367. The Labute approximate surface area is 211 Å². The molecule has 1 saturated heterocycles. The van der Waals surface area contributed by atoms with E-state index >= 15 is 0 Å². The SMILES string of the molecule is C=CCN1CC[C@]23c4c5ccc(O)c4O[C@H]2[C@@H](N(C)C(=O)C=Cc2cccc(C)c2)C=C[C@@]3(O)[C@H]1C5. The molecule has 2 aliphatic carbocycles. The second-order valence-electron chi connectivity index (χ2n) is 10.6. The second-order valence-corrected chi connectivity index (χ2v) is 10.6. The number of carbonyl (C=O) groups is 1. The molecule has 6 rings (SSSR count). The quantitative estimate of drug-likeness (QED) is 0.503. The number of hydrogen-bond acceptors (Lipinski definition) is 5. The molecule has 2 aliphatic heterocycles. The van der Waals surface area contributed by atoms with Crippen molar-refractivity contribution < 1.29 is 19.7 Å². The van der Waals surface area contributed by atoms with Gasteiger partial charge >= 0.3 is 0 Å². The van der Waals surface area contributed by atoms with Crippen LogP contribution >= 0.6 is 0 Å². The molecule has 1 amide bonds. The molecule has 1 spiro atoms. The Hall–Kier alpha value is -3.35.